The van der Waals surface area contributed by atoms with Crippen molar-refractivity contribution >= 4 is 18.0 Å². The summed E-state index contributed by atoms with van der Waals surface area (Å²) in [6.45, 7) is 1.18. The molecule has 0 aliphatic carbocycles. The van der Waals surface area contributed by atoms with Crippen molar-refractivity contribution in [3.63, 3.8) is 0 Å². The number of rotatable bonds is 11. The molecule has 0 saturated carbocycles. The highest BCUT2D eigenvalue weighted by Gasteiger charge is 2.30. The van der Waals surface area contributed by atoms with Crippen LogP contribution >= 0.6 is 0 Å². The topological polar surface area (TPSA) is 84.9 Å². The Labute approximate surface area is 172 Å². The van der Waals surface area contributed by atoms with E-state index in [1.807, 2.05) is 42.5 Å². The van der Waals surface area contributed by atoms with Crippen molar-refractivity contribution in [2.45, 2.75) is 44.6 Å². The minimum absolute atomic E-state index is 0.0716. The molecule has 1 aliphatic heterocycles. The molecule has 0 spiro atoms. The summed E-state index contributed by atoms with van der Waals surface area (Å²) in [5, 5.41) is 2.75. The van der Waals surface area contributed by atoms with Crippen LogP contribution in [0.1, 0.15) is 37.7 Å². The number of likely N-dealkylation sites (tertiary alicyclic amines) is 1. The maximum atomic E-state index is 12.1. The lowest BCUT2D eigenvalue weighted by Crippen LogP contribution is -2.38. The average molecular weight is 402 g/mol. The SMILES string of the molecule is COC(=O)CCC/C=C\CN1C(=O)CC[C@@H]1COC(=O)NCCc1ccccc1. The average Bonchev–Trinajstić information content (AvgIpc) is 3.09. The molecule has 1 fully saturated rings. The fraction of sp³-hybridized carbons (Fsp3) is 0.500. The molecule has 1 N–H and O–H groups in total. The van der Waals surface area contributed by atoms with Crippen molar-refractivity contribution < 1.29 is 23.9 Å². The molecule has 0 radical (unpaired) electrons. The van der Waals surface area contributed by atoms with E-state index in [-0.39, 0.29) is 24.5 Å². The van der Waals surface area contributed by atoms with Gasteiger partial charge in [-0.3, -0.25) is 9.59 Å². The van der Waals surface area contributed by atoms with Gasteiger partial charge >= 0.3 is 12.1 Å². The molecule has 1 aromatic rings. The third-order valence-corrected chi connectivity index (χ3v) is 4.83. The lowest BCUT2D eigenvalue weighted by molar-refractivity contribution is -0.140. The Bertz CT molecular complexity index is 690. The van der Waals surface area contributed by atoms with Crippen molar-refractivity contribution in [1.29, 1.82) is 0 Å². The molecule has 1 atom stereocenters. The van der Waals surface area contributed by atoms with Gasteiger partial charge in [0.25, 0.3) is 0 Å². The Morgan fingerprint density at radius 1 is 1.24 bits per heavy atom. The van der Waals surface area contributed by atoms with Gasteiger partial charge in [-0.25, -0.2) is 4.79 Å². The number of benzene rings is 1. The molecule has 7 nitrogen and oxygen atoms in total. The first-order valence-electron chi connectivity index (χ1n) is 10.1. The molecule has 0 unspecified atom stereocenters. The van der Waals surface area contributed by atoms with Gasteiger partial charge in [-0.15, -0.1) is 0 Å². The van der Waals surface area contributed by atoms with E-state index < -0.39 is 6.09 Å². The van der Waals surface area contributed by atoms with E-state index in [1.54, 1.807) is 4.90 Å². The Balaban J connectivity index is 1.64. The van der Waals surface area contributed by atoms with Crippen LogP contribution in [-0.4, -0.2) is 55.7 Å². The van der Waals surface area contributed by atoms with E-state index in [1.165, 1.54) is 7.11 Å². The molecule has 0 aromatic heterocycles. The number of carbonyl (C=O) groups is 3. The van der Waals surface area contributed by atoms with Crippen LogP contribution in [0.25, 0.3) is 0 Å². The molecule has 1 aromatic carbocycles. The number of amides is 2. The second-order valence-corrected chi connectivity index (χ2v) is 6.94. The van der Waals surface area contributed by atoms with E-state index in [0.717, 1.165) is 18.4 Å². The maximum absolute atomic E-state index is 12.1. The number of hydrogen-bond acceptors (Lipinski definition) is 5. The fourth-order valence-corrected chi connectivity index (χ4v) is 3.17. The minimum atomic E-state index is -0.460. The zero-order valence-electron chi connectivity index (χ0n) is 17.0. The summed E-state index contributed by atoms with van der Waals surface area (Å²) in [7, 11) is 1.38. The quantitative estimate of drug-likeness (QED) is 0.349. The van der Waals surface area contributed by atoms with Gasteiger partial charge in [0, 0.05) is 25.9 Å². The van der Waals surface area contributed by atoms with Crippen LogP contribution in [0.2, 0.25) is 0 Å². The van der Waals surface area contributed by atoms with Crippen LogP contribution in [0.3, 0.4) is 0 Å². The van der Waals surface area contributed by atoms with Gasteiger partial charge in [0.05, 0.1) is 13.2 Å². The molecular formula is C22H30N2O5. The van der Waals surface area contributed by atoms with Gasteiger partial charge in [-0.1, -0.05) is 42.5 Å². The maximum Gasteiger partial charge on any atom is 0.407 e. The monoisotopic (exact) mass is 402 g/mol. The predicted molar refractivity (Wildman–Crippen MR) is 109 cm³/mol. The van der Waals surface area contributed by atoms with Gasteiger partial charge in [0.2, 0.25) is 5.91 Å². The van der Waals surface area contributed by atoms with E-state index in [4.69, 9.17) is 4.74 Å². The summed E-state index contributed by atoms with van der Waals surface area (Å²) in [5.41, 5.74) is 1.15. The number of allylic oxidation sites excluding steroid dienone is 1. The highest BCUT2D eigenvalue weighted by molar-refractivity contribution is 5.79. The van der Waals surface area contributed by atoms with E-state index in [0.29, 0.717) is 38.8 Å². The highest BCUT2D eigenvalue weighted by Crippen LogP contribution is 2.19. The molecule has 2 rings (SSSR count). The third-order valence-electron chi connectivity index (χ3n) is 4.83. The molecule has 0 bridgehead atoms. The number of nitrogens with zero attached hydrogens (tertiary/aromatic N) is 1. The summed E-state index contributed by atoms with van der Waals surface area (Å²) in [6.07, 6.45) is 7.18. The zero-order valence-corrected chi connectivity index (χ0v) is 17.0. The van der Waals surface area contributed by atoms with Gasteiger partial charge in [0.15, 0.2) is 0 Å². The Morgan fingerprint density at radius 2 is 2.03 bits per heavy atom. The van der Waals surface area contributed by atoms with Gasteiger partial charge < -0.3 is 19.7 Å². The molecule has 1 heterocycles. The summed E-state index contributed by atoms with van der Waals surface area (Å²) in [4.78, 5) is 36.8. The largest absolute Gasteiger partial charge is 0.469 e. The van der Waals surface area contributed by atoms with Crippen molar-refractivity contribution in [2.24, 2.45) is 0 Å². The van der Waals surface area contributed by atoms with Gasteiger partial charge in [-0.05, 0) is 31.2 Å². The van der Waals surface area contributed by atoms with Crippen molar-refractivity contribution in [1.82, 2.24) is 10.2 Å². The second-order valence-electron chi connectivity index (χ2n) is 6.94. The third kappa shape index (κ3) is 8.37. The molecule has 158 valence electrons. The number of nitrogens with one attached hydrogen (secondary N) is 1. The van der Waals surface area contributed by atoms with Gasteiger partial charge in [-0.2, -0.15) is 0 Å². The van der Waals surface area contributed by atoms with Crippen LogP contribution in [0.15, 0.2) is 42.5 Å². The number of unbranched alkanes of at least 4 members (excludes halogenated alkanes) is 1. The molecule has 29 heavy (non-hydrogen) atoms. The predicted octanol–water partition coefficient (Wildman–Crippen LogP) is 2.85. The normalized spacial score (nSPS) is 16.2. The number of ether oxygens (including phenoxy) is 2. The number of methoxy groups -OCH3 is 1. The molecule has 1 saturated heterocycles. The van der Waals surface area contributed by atoms with Crippen molar-refractivity contribution in [3.8, 4) is 0 Å². The van der Waals surface area contributed by atoms with Crippen LogP contribution in [0, 0.1) is 0 Å². The number of esters is 1. The van der Waals surface area contributed by atoms with Crippen LogP contribution in [0.5, 0.6) is 0 Å². The molecule has 2 amide bonds. The standard InChI is InChI=1S/C22H30N2O5/c1-28-21(26)11-7-2-3-8-16-24-19(12-13-20(24)25)17-29-22(27)23-15-14-18-9-5-4-6-10-18/h3-6,8-10,19H,2,7,11-17H2,1H3,(H,23,27)/b8-3-/t19-/m1/s1. The number of carbonyl (C=O) groups excluding carboxylic acids is 3. The second kappa shape index (κ2) is 12.6. The Kier molecular flexibility index (Phi) is 9.75. The summed E-state index contributed by atoms with van der Waals surface area (Å²) in [5.74, 6) is -0.144. The van der Waals surface area contributed by atoms with Crippen LogP contribution in [0.4, 0.5) is 4.79 Å². The molecule has 1 aliphatic rings. The van der Waals surface area contributed by atoms with Crippen LogP contribution in [-0.2, 0) is 25.5 Å². The highest BCUT2D eigenvalue weighted by atomic mass is 16.5. The Hall–Kier alpha value is -2.83. The lowest BCUT2D eigenvalue weighted by atomic mass is 10.1. The number of alkyl carbamates (subject to hydrolysis) is 1. The van der Waals surface area contributed by atoms with E-state index >= 15 is 0 Å². The first kappa shape index (κ1) is 22.5. The molecular weight excluding hydrogens is 372 g/mol. The van der Waals surface area contributed by atoms with Crippen LogP contribution < -0.4 is 5.32 Å². The fourth-order valence-electron chi connectivity index (χ4n) is 3.17. The summed E-state index contributed by atoms with van der Waals surface area (Å²) < 4.78 is 9.90. The summed E-state index contributed by atoms with van der Waals surface area (Å²) >= 11 is 0. The Morgan fingerprint density at radius 3 is 2.79 bits per heavy atom. The first-order chi connectivity index (χ1) is 14.1. The number of hydrogen-bond donors (Lipinski definition) is 1. The smallest absolute Gasteiger partial charge is 0.407 e. The molecule has 7 heteroatoms. The lowest BCUT2D eigenvalue weighted by Gasteiger charge is -2.23. The minimum Gasteiger partial charge on any atom is -0.469 e. The van der Waals surface area contributed by atoms with E-state index in [2.05, 4.69) is 10.1 Å². The van der Waals surface area contributed by atoms with Gasteiger partial charge in [0.1, 0.15) is 6.61 Å². The van der Waals surface area contributed by atoms with E-state index in [9.17, 15) is 14.4 Å². The summed E-state index contributed by atoms with van der Waals surface area (Å²) in [6, 6.07) is 9.81. The van der Waals surface area contributed by atoms with Crippen molar-refractivity contribution in [2.75, 3.05) is 26.8 Å². The zero-order chi connectivity index (χ0) is 20.9. The first-order valence-corrected chi connectivity index (χ1v) is 10.1. The van der Waals surface area contributed by atoms with Crippen molar-refractivity contribution in [3.05, 3.63) is 48.0 Å².